The zero-order valence-corrected chi connectivity index (χ0v) is 15.2. The molecule has 1 aromatic carbocycles. The van der Waals surface area contributed by atoms with Gasteiger partial charge in [0.1, 0.15) is 11.5 Å². The van der Waals surface area contributed by atoms with Gasteiger partial charge in [-0.25, -0.2) is 9.97 Å². The SMILES string of the molecule is CNC(C)c1nc2cccc(C#Cc3cncn3C)c2c(=O)n1C1CC1. The molecule has 132 valence electrons. The van der Waals surface area contributed by atoms with Gasteiger partial charge in [0.25, 0.3) is 5.56 Å². The van der Waals surface area contributed by atoms with Crippen LogP contribution < -0.4 is 10.9 Å². The van der Waals surface area contributed by atoms with Crippen molar-refractivity contribution >= 4 is 10.9 Å². The highest BCUT2D eigenvalue weighted by atomic mass is 16.1. The van der Waals surface area contributed by atoms with Gasteiger partial charge in [0.05, 0.1) is 29.5 Å². The van der Waals surface area contributed by atoms with E-state index in [1.54, 1.807) is 12.5 Å². The molecule has 4 rings (SSSR count). The number of hydrogen-bond acceptors (Lipinski definition) is 4. The first-order valence-electron chi connectivity index (χ1n) is 8.81. The number of nitrogens with zero attached hydrogens (tertiary/aromatic N) is 4. The van der Waals surface area contributed by atoms with Gasteiger partial charge in [-0.1, -0.05) is 12.0 Å². The largest absolute Gasteiger partial charge is 0.327 e. The molecule has 0 saturated heterocycles. The Morgan fingerprint density at radius 3 is 2.77 bits per heavy atom. The minimum atomic E-state index is 0.00417. The molecule has 6 nitrogen and oxygen atoms in total. The van der Waals surface area contributed by atoms with Gasteiger partial charge >= 0.3 is 0 Å². The Labute approximate surface area is 151 Å². The number of benzene rings is 1. The smallest absolute Gasteiger partial charge is 0.262 e. The van der Waals surface area contributed by atoms with Crippen LogP contribution in [0.1, 0.15) is 48.9 Å². The monoisotopic (exact) mass is 347 g/mol. The third-order valence-electron chi connectivity index (χ3n) is 4.83. The van der Waals surface area contributed by atoms with Gasteiger partial charge in [-0.3, -0.25) is 9.36 Å². The summed E-state index contributed by atoms with van der Waals surface area (Å²) in [6, 6.07) is 5.93. The summed E-state index contributed by atoms with van der Waals surface area (Å²) < 4.78 is 3.71. The molecule has 3 aromatic rings. The van der Waals surface area contributed by atoms with E-state index in [0.717, 1.165) is 24.4 Å². The first-order valence-corrected chi connectivity index (χ1v) is 8.81. The number of rotatable bonds is 3. The summed E-state index contributed by atoms with van der Waals surface area (Å²) in [7, 11) is 3.78. The number of hydrogen-bond donors (Lipinski definition) is 1. The van der Waals surface area contributed by atoms with Crippen LogP contribution >= 0.6 is 0 Å². The second-order valence-electron chi connectivity index (χ2n) is 6.73. The molecule has 26 heavy (non-hydrogen) atoms. The number of nitrogens with one attached hydrogen (secondary N) is 1. The molecule has 6 heteroatoms. The minimum Gasteiger partial charge on any atom is -0.327 e. The second kappa shape index (κ2) is 6.43. The summed E-state index contributed by atoms with van der Waals surface area (Å²) >= 11 is 0. The molecule has 0 aliphatic heterocycles. The molecule has 0 spiro atoms. The Bertz CT molecular complexity index is 1090. The lowest BCUT2D eigenvalue weighted by Crippen LogP contribution is -2.29. The van der Waals surface area contributed by atoms with Gasteiger partial charge in [0, 0.05) is 18.7 Å². The van der Waals surface area contributed by atoms with Gasteiger partial charge in [-0.15, -0.1) is 0 Å². The van der Waals surface area contributed by atoms with Gasteiger partial charge < -0.3 is 9.88 Å². The number of fused-ring (bicyclic) bond motifs is 1. The van der Waals surface area contributed by atoms with Crippen LogP contribution in [0.15, 0.2) is 35.5 Å². The molecular formula is C20H21N5O. The van der Waals surface area contributed by atoms with Crippen LogP contribution in [-0.4, -0.2) is 26.1 Å². The maximum absolute atomic E-state index is 13.3. The lowest BCUT2D eigenvalue weighted by atomic mass is 10.1. The Morgan fingerprint density at radius 2 is 2.12 bits per heavy atom. The predicted molar refractivity (Wildman–Crippen MR) is 101 cm³/mol. The van der Waals surface area contributed by atoms with Crippen LogP contribution in [-0.2, 0) is 7.05 Å². The van der Waals surface area contributed by atoms with Crippen molar-refractivity contribution in [2.45, 2.75) is 31.8 Å². The minimum absolute atomic E-state index is 0.00417. The summed E-state index contributed by atoms with van der Waals surface area (Å²) in [6.45, 7) is 2.03. The van der Waals surface area contributed by atoms with Crippen molar-refractivity contribution in [3.8, 4) is 11.8 Å². The molecule has 1 saturated carbocycles. The predicted octanol–water partition coefficient (Wildman–Crippen LogP) is 2.15. The topological polar surface area (TPSA) is 64.7 Å². The zero-order chi connectivity index (χ0) is 18.3. The Morgan fingerprint density at radius 1 is 1.31 bits per heavy atom. The van der Waals surface area contributed by atoms with Crippen LogP contribution in [0.3, 0.4) is 0 Å². The Balaban J connectivity index is 1.94. The van der Waals surface area contributed by atoms with Crippen molar-refractivity contribution in [3.05, 3.63) is 58.2 Å². The third kappa shape index (κ3) is 2.80. The normalized spacial score (nSPS) is 14.9. The van der Waals surface area contributed by atoms with Crippen molar-refractivity contribution in [1.82, 2.24) is 24.4 Å². The summed E-state index contributed by atoms with van der Waals surface area (Å²) in [5, 5.41) is 3.80. The van der Waals surface area contributed by atoms with Crippen LogP contribution in [0.2, 0.25) is 0 Å². The molecule has 1 unspecified atom stereocenters. The molecule has 2 heterocycles. The standard InChI is InChI=1S/C20H21N5O/c1-13(21-2)19-23-17-6-4-5-14(7-8-16-11-22-12-24(16)3)18(17)20(26)25(19)15-9-10-15/h4-6,11-13,15,21H,9-10H2,1-3H3. The van der Waals surface area contributed by atoms with E-state index in [1.165, 1.54) is 0 Å². The van der Waals surface area contributed by atoms with Gasteiger partial charge in [-0.05, 0) is 44.9 Å². The van der Waals surface area contributed by atoms with E-state index in [1.807, 2.05) is 48.4 Å². The van der Waals surface area contributed by atoms with E-state index in [2.05, 4.69) is 22.1 Å². The van der Waals surface area contributed by atoms with Gasteiger partial charge in [0.15, 0.2) is 0 Å². The van der Waals surface area contributed by atoms with E-state index in [4.69, 9.17) is 4.98 Å². The molecule has 1 N–H and O–H groups in total. The fourth-order valence-corrected chi connectivity index (χ4v) is 3.09. The second-order valence-corrected chi connectivity index (χ2v) is 6.73. The number of aromatic nitrogens is 4. The summed E-state index contributed by atoms with van der Waals surface area (Å²) in [6.07, 6.45) is 5.48. The molecule has 2 aromatic heterocycles. The van der Waals surface area contributed by atoms with E-state index >= 15 is 0 Å². The van der Waals surface area contributed by atoms with Crippen molar-refractivity contribution in [2.75, 3.05) is 7.05 Å². The average Bonchev–Trinajstić information content (AvgIpc) is 3.40. The summed E-state index contributed by atoms with van der Waals surface area (Å²) in [5.74, 6) is 7.04. The van der Waals surface area contributed by atoms with Crippen LogP contribution in [0.25, 0.3) is 10.9 Å². The first kappa shape index (κ1) is 16.6. The van der Waals surface area contributed by atoms with Crippen LogP contribution in [0, 0.1) is 11.8 Å². The third-order valence-corrected chi connectivity index (χ3v) is 4.83. The summed E-state index contributed by atoms with van der Waals surface area (Å²) in [5.41, 5.74) is 2.21. The Kier molecular flexibility index (Phi) is 4.09. The molecule has 0 bridgehead atoms. The van der Waals surface area contributed by atoms with E-state index in [9.17, 15) is 4.79 Å². The van der Waals surface area contributed by atoms with Crippen LogP contribution in [0.5, 0.6) is 0 Å². The highest BCUT2D eigenvalue weighted by molar-refractivity contribution is 5.84. The van der Waals surface area contributed by atoms with Crippen molar-refractivity contribution in [3.63, 3.8) is 0 Å². The highest BCUT2D eigenvalue weighted by Gasteiger charge is 2.30. The molecule has 0 amide bonds. The van der Waals surface area contributed by atoms with Crippen LogP contribution in [0.4, 0.5) is 0 Å². The fourth-order valence-electron chi connectivity index (χ4n) is 3.09. The zero-order valence-electron chi connectivity index (χ0n) is 15.2. The fraction of sp³-hybridized carbons (Fsp3) is 0.350. The van der Waals surface area contributed by atoms with E-state index in [0.29, 0.717) is 16.5 Å². The summed E-state index contributed by atoms with van der Waals surface area (Å²) in [4.78, 5) is 22.2. The number of imidazole rings is 1. The van der Waals surface area contributed by atoms with E-state index in [-0.39, 0.29) is 17.6 Å². The van der Waals surface area contributed by atoms with Crippen molar-refractivity contribution in [2.24, 2.45) is 7.05 Å². The molecule has 1 aliphatic carbocycles. The maximum Gasteiger partial charge on any atom is 0.262 e. The lowest BCUT2D eigenvalue weighted by molar-refractivity contribution is 0.538. The molecule has 1 aliphatic rings. The quantitative estimate of drug-likeness (QED) is 0.738. The molecule has 1 atom stereocenters. The average molecular weight is 347 g/mol. The first-order chi connectivity index (χ1) is 12.6. The highest BCUT2D eigenvalue weighted by Crippen LogP contribution is 2.36. The molecule has 1 fully saturated rings. The Hall–Kier alpha value is -2.91. The number of aryl methyl sites for hydroxylation is 1. The molecule has 0 radical (unpaired) electrons. The van der Waals surface area contributed by atoms with Gasteiger partial charge in [0.2, 0.25) is 0 Å². The van der Waals surface area contributed by atoms with E-state index < -0.39 is 0 Å². The van der Waals surface area contributed by atoms with Crippen molar-refractivity contribution in [1.29, 1.82) is 0 Å². The maximum atomic E-state index is 13.3. The molecular weight excluding hydrogens is 326 g/mol. The van der Waals surface area contributed by atoms with Crippen molar-refractivity contribution < 1.29 is 0 Å². The van der Waals surface area contributed by atoms with Gasteiger partial charge in [-0.2, -0.15) is 0 Å². The lowest BCUT2D eigenvalue weighted by Gasteiger charge is -2.18.